The van der Waals surface area contributed by atoms with E-state index in [4.69, 9.17) is 9.47 Å². The van der Waals surface area contributed by atoms with Crippen molar-refractivity contribution < 1.29 is 18.7 Å². The fourth-order valence-electron chi connectivity index (χ4n) is 3.53. The van der Waals surface area contributed by atoms with Gasteiger partial charge in [-0.05, 0) is 46.2 Å². The molecule has 7 heteroatoms. The molecule has 1 amide bonds. The number of imidazole rings is 1. The van der Waals surface area contributed by atoms with Crippen LogP contribution in [0.15, 0.2) is 18.2 Å². The van der Waals surface area contributed by atoms with Gasteiger partial charge in [-0.15, -0.1) is 0 Å². The molecule has 1 fully saturated rings. The number of hydrogen-bond acceptors (Lipinski definition) is 4. The summed E-state index contributed by atoms with van der Waals surface area (Å²) in [6.45, 7) is 8.48. The second-order valence-corrected chi connectivity index (χ2v) is 7.72. The van der Waals surface area contributed by atoms with Crippen LogP contribution in [0.1, 0.15) is 39.1 Å². The van der Waals surface area contributed by atoms with Crippen molar-refractivity contribution in [2.45, 2.75) is 51.9 Å². The summed E-state index contributed by atoms with van der Waals surface area (Å²) < 4.78 is 26.8. The highest BCUT2D eigenvalue weighted by atomic mass is 19.1. The van der Waals surface area contributed by atoms with Crippen LogP contribution in [-0.4, -0.2) is 52.4 Å². The molecule has 2 unspecified atom stereocenters. The minimum Gasteiger partial charge on any atom is -0.444 e. The molecule has 6 nitrogen and oxygen atoms in total. The lowest BCUT2D eigenvalue weighted by atomic mass is 10.0. The first-order valence-corrected chi connectivity index (χ1v) is 8.84. The number of likely N-dealkylation sites (tertiary alicyclic amines) is 1. The monoisotopic (exact) mass is 363 g/mol. The van der Waals surface area contributed by atoms with E-state index in [0.29, 0.717) is 25.0 Å². The van der Waals surface area contributed by atoms with Crippen molar-refractivity contribution in [1.82, 2.24) is 14.5 Å². The van der Waals surface area contributed by atoms with Crippen LogP contribution >= 0.6 is 0 Å². The molecule has 1 aromatic carbocycles. The van der Waals surface area contributed by atoms with Crippen LogP contribution in [-0.2, 0) is 9.47 Å². The fourth-order valence-corrected chi connectivity index (χ4v) is 3.53. The molecule has 2 aromatic rings. The van der Waals surface area contributed by atoms with E-state index in [-0.39, 0.29) is 24.1 Å². The number of methoxy groups -OCH3 is 1. The van der Waals surface area contributed by atoms with Crippen LogP contribution in [0.4, 0.5) is 9.18 Å². The zero-order valence-electron chi connectivity index (χ0n) is 16.0. The Kier molecular flexibility index (Phi) is 4.92. The van der Waals surface area contributed by atoms with Crippen LogP contribution in [0, 0.1) is 12.7 Å². The van der Waals surface area contributed by atoms with Crippen LogP contribution in [0.25, 0.3) is 11.0 Å². The molecule has 26 heavy (non-hydrogen) atoms. The van der Waals surface area contributed by atoms with Crippen molar-refractivity contribution in [3.63, 3.8) is 0 Å². The first-order chi connectivity index (χ1) is 12.2. The Bertz CT molecular complexity index is 812. The topological polar surface area (TPSA) is 56.6 Å². The molecule has 1 saturated heterocycles. The van der Waals surface area contributed by atoms with E-state index in [0.717, 1.165) is 11.3 Å². The maximum Gasteiger partial charge on any atom is 0.410 e. The van der Waals surface area contributed by atoms with Gasteiger partial charge in [0.25, 0.3) is 0 Å². The van der Waals surface area contributed by atoms with Crippen LogP contribution in [0.2, 0.25) is 0 Å². The Hall–Kier alpha value is -2.15. The van der Waals surface area contributed by atoms with Gasteiger partial charge in [0.2, 0.25) is 0 Å². The third kappa shape index (κ3) is 3.67. The lowest BCUT2D eigenvalue weighted by Gasteiger charge is -2.39. The Balaban J connectivity index is 1.85. The zero-order chi connectivity index (χ0) is 19.1. The Morgan fingerprint density at radius 3 is 2.73 bits per heavy atom. The highest BCUT2D eigenvalue weighted by Gasteiger charge is 2.35. The summed E-state index contributed by atoms with van der Waals surface area (Å²) in [5.74, 6) is 0.508. The molecule has 0 aliphatic carbocycles. The largest absolute Gasteiger partial charge is 0.444 e. The van der Waals surface area contributed by atoms with E-state index in [1.807, 2.05) is 27.7 Å². The van der Waals surface area contributed by atoms with E-state index in [2.05, 4.69) is 9.55 Å². The molecule has 3 rings (SSSR count). The second-order valence-electron chi connectivity index (χ2n) is 7.72. The number of amides is 1. The molecule has 0 radical (unpaired) electrons. The Morgan fingerprint density at radius 2 is 2.08 bits per heavy atom. The van der Waals surface area contributed by atoms with E-state index < -0.39 is 5.60 Å². The number of halogens is 1. The average Bonchev–Trinajstić information content (AvgIpc) is 2.87. The number of fused-ring (bicyclic) bond motifs is 1. The second kappa shape index (κ2) is 6.87. The molecule has 142 valence electrons. The van der Waals surface area contributed by atoms with Crippen molar-refractivity contribution in [2.75, 3.05) is 20.2 Å². The standard InChI is InChI=1S/C19H26FN3O3/c1-12-21-14-10-13(20)6-7-15(14)23(12)16-8-9-22(11-17(16)25-5)18(24)26-19(2,3)4/h6-7,10,16-17H,8-9,11H2,1-5H3. The highest BCUT2D eigenvalue weighted by Crippen LogP contribution is 2.31. The molecule has 0 N–H and O–H groups in total. The van der Waals surface area contributed by atoms with Gasteiger partial charge in [0, 0.05) is 19.7 Å². The Labute approximate surface area is 152 Å². The van der Waals surface area contributed by atoms with Crippen molar-refractivity contribution in [1.29, 1.82) is 0 Å². The van der Waals surface area contributed by atoms with E-state index in [9.17, 15) is 9.18 Å². The molecule has 0 spiro atoms. The number of nitrogens with zero attached hydrogens (tertiary/aromatic N) is 3. The molecule has 2 atom stereocenters. The minimum atomic E-state index is -0.530. The number of piperidine rings is 1. The van der Waals surface area contributed by atoms with Gasteiger partial charge < -0.3 is 18.9 Å². The summed E-state index contributed by atoms with van der Waals surface area (Å²) in [6.07, 6.45) is 0.186. The number of carbonyl (C=O) groups is 1. The normalized spacial score (nSPS) is 21.2. The van der Waals surface area contributed by atoms with Gasteiger partial charge in [0.1, 0.15) is 17.2 Å². The van der Waals surface area contributed by atoms with Crippen molar-refractivity contribution in [2.24, 2.45) is 0 Å². The van der Waals surface area contributed by atoms with Gasteiger partial charge in [-0.2, -0.15) is 0 Å². The number of benzene rings is 1. The van der Waals surface area contributed by atoms with E-state index >= 15 is 0 Å². The van der Waals surface area contributed by atoms with Crippen molar-refractivity contribution >= 4 is 17.1 Å². The molecule has 2 heterocycles. The summed E-state index contributed by atoms with van der Waals surface area (Å²) in [4.78, 5) is 18.5. The van der Waals surface area contributed by atoms with E-state index in [1.165, 1.54) is 12.1 Å². The van der Waals surface area contributed by atoms with Crippen LogP contribution < -0.4 is 0 Å². The number of aryl methyl sites for hydroxylation is 1. The smallest absolute Gasteiger partial charge is 0.410 e. The predicted molar refractivity (Wildman–Crippen MR) is 96.7 cm³/mol. The van der Waals surface area contributed by atoms with Gasteiger partial charge in [0.05, 0.1) is 29.7 Å². The molecule has 1 aliphatic heterocycles. The van der Waals surface area contributed by atoms with Gasteiger partial charge in [0.15, 0.2) is 0 Å². The molecule has 0 saturated carbocycles. The lowest BCUT2D eigenvalue weighted by molar-refractivity contribution is -0.0247. The number of hydrogen-bond donors (Lipinski definition) is 0. The van der Waals surface area contributed by atoms with Crippen molar-refractivity contribution in [3.05, 3.63) is 29.8 Å². The fraction of sp³-hybridized carbons (Fsp3) is 0.579. The summed E-state index contributed by atoms with van der Waals surface area (Å²) in [5, 5.41) is 0. The SMILES string of the molecule is COC1CN(C(=O)OC(C)(C)C)CCC1n1c(C)nc2cc(F)ccc21. The summed E-state index contributed by atoms with van der Waals surface area (Å²) in [5.41, 5.74) is 0.978. The van der Waals surface area contributed by atoms with Crippen LogP contribution in [0.5, 0.6) is 0 Å². The highest BCUT2D eigenvalue weighted by molar-refractivity contribution is 5.76. The quantitative estimate of drug-likeness (QED) is 0.817. The summed E-state index contributed by atoms with van der Waals surface area (Å²) in [7, 11) is 1.64. The Morgan fingerprint density at radius 1 is 1.35 bits per heavy atom. The third-order valence-corrected chi connectivity index (χ3v) is 4.64. The molecular formula is C19H26FN3O3. The van der Waals surface area contributed by atoms with Gasteiger partial charge in [-0.1, -0.05) is 0 Å². The van der Waals surface area contributed by atoms with Gasteiger partial charge in [-0.25, -0.2) is 14.2 Å². The summed E-state index contributed by atoms with van der Waals surface area (Å²) >= 11 is 0. The first kappa shape index (κ1) is 18.6. The third-order valence-electron chi connectivity index (χ3n) is 4.64. The minimum absolute atomic E-state index is 0.0224. The van der Waals surface area contributed by atoms with Gasteiger partial charge >= 0.3 is 6.09 Å². The predicted octanol–water partition coefficient (Wildman–Crippen LogP) is 3.68. The number of carbonyl (C=O) groups excluding carboxylic acids is 1. The number of aromatic nitrogens is 2. The first-order valence-electron chi connectivity index (χ1n) is 8.84. The van der Waals surface area contributed by atoms with E-state index in [1.54, 1.807) is 18.1 Å². The van der Waals surface area contributed by atoms with Gasteiger partial charge in [-0.3, -0.25) is 0 Å². The molecule has 1 aromatic heterocycles. The lowest BCUT2D eigenvalue weighted by Crippen LogP contribution is -2.49. The average molecular weight is 363 g/mol. The van der Waals surface area contributed by atoms with Crippen LogP contribution in [0.3, 0.4) is 0 Å². The maximum atomic E-state index is 13.5. The molecule has 0 bridgehead atoms. The molecular weight excluding hydrogens is 337 g/mol. The number of rotatable bonds is 2. The summed E-state index contributed by atoms with van der Waals surface area (Å²) in [6, 6.07) is 4.65. The van der Waals surface area contributed by atoms with Crippen molar-refractivity contribution in [3.8, 4) is 0 Å². The zero-order valence-corrected chi connectivity index (χ0v) is 16.0. The maximum absolute atomic E-state index is 13.5. The number of ether oxygens (including phenoxy) is 2. The molecule has 1 aliphatic rings.